The highest BCUT2D eigenvalue weighted by atomic mass is 16.6. The van der Waals surface area contributed by atoms with Gasteiger partial charge in [0.25, 0.3) is 0 Å². The fourth-order valence-corrected chi connectivity index (χ4v) is 10.6. The lowest BCUT2D eigenvalue weighted by molar-refractivity contribution is -0.167. The van der Waals surface area contributed by atoms with Gasteiger partial charge >= 0.3 is 17.9 Å². The normalized spacial score (nSPS) is 12.2. The third kappa shape index (κ3) is 64.5. The average molecular weight is 1100 g/mol. The van der Waals surface area contributed by atoms with Crippen LogP contribution < -0.4 is 0 Å². The molecule has 0 fully saturated rings. The molecule has 6 nitrogen and oxygen atoms in total. The molecule has 6 heteroatoms. The summed E-state index contributed by atoms with van der Waals surface area (Å²) in [5.41, 5.74) is 0. The van der Waals surface area contributed by atoms with E-state index in [0.717, 1.165) is 70.6 Å². The smallest absolute Gasteiger partial charge is 0.306 e. The maximum absolute atomic E-state index is 12.9. The molecule has 458 valence electrons. The van der Waals surface area contributed by atoms with Gasteiger partial charge in [-0.3, -0.25) is 14.4 Å². The number of ether oxygens (including phenoxy) is 3. The van der Waals surface area contributed by atoms with E-state index in [4.69, 9.17) is 14.2 Å². The van der Waals surface area contributed by atoms with E-state index in [0.29, 0.717) is 19.3 Å². The number of rotatable bonds is 65. The molecule has 1 unspecified atom stereocenters. The Morgan fingerprint density at radius 3 is 0.744 bits per heavy atom. The van der Waals surface area contributed by atoms with Gasteiger partial charge in [-0.1, -0.05) is 327 Å². The Morgan fingerprint density at radius 2 is 0.462 bits per heavy atom. The number of carbonyl (C=O) groups is 3. The summed E-state index contributed by atoms with van der Waals surface area (Å²) < 4.78 is 17.0. The van der Waals surface area contributed by atoms with E-state index in [1.165, 1.54) is 276 Å². The Kier molecular flexibility index (Phi) is 65.1. The zero-order chi connectivity index (χ0) is 56.4. The van der Waals surface area contributed by atoms with Crippen LogP contribution in [0.5, 0.6) is 0 Å². The lowest BCUT2D eigenvalue weighted by Crippen LogP contribution is -2.30. The fourth-order valence-electron chi connectivity index (χ4n) is 10.6. The molecule has 0 saturated carbocycles. The summed E-state index contributed by atoms with van der Waals surface area (Å²) in [6.07, 6.45) is 83.1. The molecule has 0 radical (unpaired) electrons. The third-order valence-corrected chi connectivity index (χ3v) is 15.9. The molecule has 0 aliphatic rings. The molecule has 0 aromatic heterocycles. The maximum atomic E-state index is 12.9. The van der Waals surface area contributed by atoms with Crippen molar-refractivity contribution in [1.29, 1.82) is 0 Å². The Balaban J connectivity index is 4.28. The third-order valence-electron chi connectivity index (χ3n) is 15.9. The van der Waals surface area contributed by atoms with Crippen LogP contribution in [-0.2, 0) is 28.6 Å². The summed E-state index contributed by atoms with van der Waals surface area (Å²) in [5, 5.41) is 0. The summed E-state index contributed by atoms with van der Waals surface area (Å²) in [7, 11) is 0. The highest BCUT2D eigenvalue weighted by Gasteiger charge is 2.19. The highest BCUT2D eigenvalue weighted by Crippen LogP contribution is 2.18. The van der Waals surface area contributed by atoms with Gasteiger partial charge in [-0.25, -0.2) is 0 Å². The van der Waals surface area contributed by atoms with Crippen LogP contribution in [0.2, 0.25) is 0 Å². The number of esters is 3. The van der Waals surface area contributed by atoms with Gasteiger partial charge in [0.1, 0.15) is 13.2 Å². The van der Waals surface area contributed by atoms with Crippen LogP contribution >= 0.6 is 0 Å². The quantitative estimate of drug-likeness (QED) is 0.0261. The highest BCUT2D eigenvalue weighted by molar-refractivity contribution is 5.71. The molecule has 0 aliphatic carbocycles. The molecule has 0 bridgehead atoms. The Labute approximate surface area is 486 Å². The van der Waals surface area contributed by atoms with Crippen molar-refractivity contribution in [3.63, 3.8) is 0 Å². The van der Waals surface area contributed by atoms with E-state index in [-0.39, 0.29) is 31.1 Å². The van der Waals surface area contributed by atoms with E-state index in [2.05, 4.69) is 57.2 Å². The number of hydrogen-bond donors (Lipinski definition) is 0. The molecule has 0 aromatic carbocycles. The standard InChI is InChI=1S/C72H134O6/c1-4-7-10-13-16-19-22-25-28-31-33-34-35-36-37-38-39-42-44-47-50-53-56-59-62-65-71(74)77-68-69(67-76-70(73)64-61-58-55-52-49-46-43-40-30-27-24-21-18-15-12-9-6-3)78-72(75)66-63-60-57-54-51-48-45-41-32-29-26-23-20-17-14-11-8-5-2/h18,21,27,30-31,33,69H,4-17,19-20,22-26,28-29,32,34-68H2,1-3H3/b21-18-,30-27-,33-31-. The van der Waals surface area contributed by atoms with E-state index in [9.17, 15) is 14.4 Å². The molecule has 0 aliphatic heterocycles. The minimum absolute atomic E-state index is 0.0697. The SMILES string of the molecule is CCCCC/C=C\C/C=C\CCCCCCCCCC(=O)OCC(COC(=O)CCCCCCCCCCCCCCC/C=C\CCCCCCCCCC)OC(=O)CCCCCCCCCCCCCCCCCCCC. The first-order valence-electron chi connectivity index (χ1n) is 35.0. The Bertz CT molecular complexity index is 1300. The molecular formula is C72H134O6. The van der Waals surface area contributed by atoms with E-state index in [1.54, 1.807) is 0 Å². The van der Waals surface area contributed by atoms with Crippen LogP contribution in [0.4, 0.5) is 0 Å². The largest absolute Gasteiger partial charge is 0.462 e. The molecule has 0 amide bonds. The zero-order valence-electron chi connectivity index (χ0n) is 52.7. The molecule has 1 atom stereocenters. The molecule has 0 heterocycles. The summed E-state index contributed by atoms with van der Waals surface area (Å²) in [6.45, 7) is 6.68. The second-order valence-electron chi connectivity index (χ2n) is 23.8. The molecule has 78 heavy (non-hydrogen) atoms. The second-order valence-corrected chi connectivity index (χ2v) is 23.8. The minimum atomic E-state index is -0.774. The van der Waals surface area contributed by atoms with Crippen molar-refractivity contribution in [2.45, 2.75) is 393 Å². The Hall–Kier alpha value is -2.37. The molecule has 0 saturated heterocycles. The van der Waals surface area contributed by atoms with Gasteiger partial charge in [0.2, 0.25) is 0 Å². The maximum Gasteiger partial charge on any atom is 0.306 e. The van der Waals surface area contributed by atoms with Gasteiger partial charge in [0.15, 0.2) is 6.10 Å². The fraction of sp³-hybridized carbons (Fsp3) is 0.875. The van der Waals surface area contributed by atoms with Crippen molar-refractivity contribution in [2.24, 2.45) is 0 Å². The number of allylic oxidation sites excluding steroid dienone is 6. The lowest BCUT2D eigenvalue weighted by atomic mass is 10.0. The van der Waals surface area contributed by atoms with Crippen molar-refractivity contribution in [3.8, 4) is 0 Å². The summed E-state index contributed by atoms with van der Waals surface area (Å²) in [4.78, 5) is 38.4. The Morgan fingerprint density at radius 1 is 0.256 bits per heavy atom. The van der Waals surface area contributed by atoms with Crippen molar-refractivity contribution in [1.82, 2.24) is 0 Å². The van der Waals surface area contributed by atoms with E-state index >= 15 is 0 Å². The summed E-state index contributed by atoms with van der Waals surface area (Å²) in [6, 6.07) is 0. The van der Waals surface area contributed by atoms with Crippen molar-refractivity contribution in [2.75, 3.05) is 13.2 Å². The number of unbranched alkanes of at least 4 members (excludes halogenated alkanes) is 48. The van der Waals surface area contributed by atoms with Crippen LogP contribution in [0.3, 0.4) is 0 Å². The molecule has 0 aromatic rings. The molecule has 0 spiro atoms. The average Bonchev–Trinajstić information content (AvgIpc) is 3.44. The molecule has 0 N–H and O–H groups in total. The first-order valence-corrected chi connectivity index (χ1v) is 35.0. The van der Waals surface area contributed by atoms with Gasteiger partial charge in [0.05, 0.1) is 0 Å². The van der Waals surface area contributed by atoms with Crippen LogP contribution in [-0.4, -0.2) is 37.2 Å². The van der Waals surface area contributed by atoms with E-state index in [1.807, 2.05) is 0 Å². The lowest BCUT2D eigenvalue weighted by Gasteiger charge is -2.18. The van der Waals surface area contributed by atoms with Gasteiger partial charge < -0.3 is 14.2 Å². The van der Waals surface area contributed by atoms with Crippen LogP contribution in [0.15, 0.2) is 36.5 Å². The molecule has 0 rings (SSSR count). The second kappa shape index (κ2) is 67.1. The van der Waals surface area contributed by atoms with Crippen molar-refractivity contribution in [3.05, 3.63) is 36.5 Å². The van der Waals surface area contributed by atoms with Crippen molar-refractivity contribution < 1.29 is 28.6 Å². The van der Waals surface area contributed by atoms with Crippen LogP contribution in [0.1, 0.15) is 387 Å². The zero-order valence-corrected chi connectivity index (χ0v) is 52.7. The predicted octanol–water partition coefficient (Wildman–Crippen LogP) is 23.9. The monoisotopic (exact) mass is 1100 g/mol. The summed E-state index contributed by atoms with van der Waals surface area (Å²) >= 11 is 0. The van der Waals surface area contributed by atoms with Gasteiger partial charge in [-0.05, 0) is 77.0 Å². The van der Waals surface area contributed by atoms with Gasteiger partial charge in [-0.2, -0.15) is 0 Å². The first kappa shape index (κ1) is 75.6. The van der Waals surface area contributed by atoms with Crippen molar-refractivity contribution >= 4 is 17.9 Å². The van der Waals surface area contributed by atoms with Gasteiger partial charge in [0, 0.05) is 19.3 Å². The van der Waals surface area contributed by atoms with E-state index < -0.39 is 6.10 Å². The first-order chi connectivity index (χ1) is 38.5. The topological polar surface area (TPSA) is 78.9 Å². The molecular weight excluding hydrogens is 961 g/mol. The van der Waals surface area contributed by atoms with Crippen LogP contribution in [0.25, 0.3) is 0 Å². The minimum Gasteiger partial charge on any atom is -0.462 e. The number of hydrogen-bond acceptors (Lipinski definition) is 6. The van der Waals surface area contributed by atoms with Gasteiger partial charge in [-0.15, -0.1) is 0 Å². The summed E-state index contributed by atoms with van der Waals surface area (Å²) in [5.74, 6) is -0.848. The number of carbonyl (C=O) groups excluding carboxylic acids is 3. The van der Waals surface area contributed by atoms with Crippen LogP contribution in [0, 0.1) is 0 Å². The predicted molar refractivity (Wildman–Crippen MR) is 339 cm³/mol.